The van der Waals surface area contributed by atoms with Crippen LogP contribution in [0.2, 0.25) is 5.02 Å². The first-order valence-electron chi connectivity index (χ1n) is 10.7. The van der Waals surface area contributed by atoms with E-state index in [1.165, 1.54) is 12.7 Å². The molecule has 0 saturated carbocycles. The van der Waals surface area contributed by atoms with Gasteiger partial charge in [0.25, 0.3) is 0 Å². The van der Waals surface area contributed by atoms with E-state index in [0.29, 0.717) is 48.3 Å². The number of ether oxygens (including phenoxy) is 2. The van der Waals surface area contributed by atoms with E-state index in [2.05, 4.69) is 25.5 Å². The number of aromatic nitrogens is 3. The van der Waals surface area contributed by atoms with Crippen molar-refractivity contribution in [3.05, 3.63) is 41.4 Å². The summed E-state index contributed by atoms with van der Waals surface area (Å²) in [5, 5.41) is 6.46. The molecule has 5 heterocycles. The van der Waals surface area contributed by atoms with Crippen molar-refractivity contribution in [2.24, 2.45) is 5.92 Å². The molecule has 0 aliphatic carbocycles. The maximum Gasteiger partial charge on any atom is 0.169 e. The second kappa shape index (κ2) is 7.68. The molecule has 2 N–H and O–H groups in total. The molecule has 0 amide bonds. The zero-order valence-electron chi connectivity index (χ0n) is 17.3. The van der Waals surface area contributed by atoms with Crippen LogP contribution in [0.3, 0.4) is 0 Å². The van der Waals surface area contributed by atoms with Gasteiger partial charge < -0.3 is 25.0 Å². The lowest BCUT2D eigenvalue weighted by molar-refractivity contribution is -0.0508. The highest BCUT2D eigenvalue weighted by Crippen LogP contribution is 2.36. The molecule has 6 rings (SSSR count). The van der Waals surface area contributed by atoms with Gasteiger partial charge in [0, 0.05) is 19.0 Å². The third-order valence-corrected chi connectivity index (χ3v) is 6.72. The number of pyridine rings is 1. The number of hydrogen-bond donors (Lipinski definition) is 2. The van der Waals surface area contributed by atoms with Gasteiger partial charge in [-0.3, -0.25) is 0 Å². The first kappa shape index (κ1) is 19.9. The highest BCUT2D eigenvalue weighted by atomic mass is 35.5. The van der Waals surface area contributed by atoms with Crippen LogP contribution in [0.5, 0.6) is 5.75 Å². The van der Waals surface area contributed by atoms with Gasteiger partial charge in [0.1, 0.15) is 28.4 Å². The number of nitrogens with one attached hydrogen (secondary N) is 2. The number of nitrogens with zero attached hydrogens (tertiary/aromatic N) is 4. The third kappa shape index (κ3) is 3.41. The first-order chi connectivity index (χ1) is 15.6. The normalized spacial score (nSPS) is 19.4. The van der Waals surface area contributed by atoms with Gasteiger partial charge >= 0.3 is 0 Å². The summed E-state index contributed by atoms with van der Waals surface area (Å²) in [4.78, 5) is 15.6. The number of anilines is 3. The topological polar surface area (TPSA) is 84.4 Å². The molecule has 1 aromatic carbocycles. The van der Waals surface area contributed by atoms with Gasteiger partial charge in [-0.05, 0) is 37.2 Å². The molecular weight excluding hydrogens is 435 g/mol. The van der Waals surface area contributed by atoms with Gasteiger partial charge in [0.15, 0.2) is 11.6 Å². The summed E-state index contributed by atoms with van der Waals surface area (Å²) in [5.74, 6) is 1.31. The van der Waals surface area contributed by atoms with Gasteiger partial charge in [0.2, 0.25) is 0 Å². The van der Waals surface area contributed by atoms with Gasteiger partial charge in [-0.1, -0.05) is 11.6 Å². The van der Waals surface area contributed by atoms with Crippen molar-refractivity contribution in [3.8, 4) is 5.75 Å². The number of rotatable bonds is 6. The lowest BCUT2D eigenvalue weighted by Crippen LogP contribution is -2.76. The Hall–Kier alpha value is -2.75. The van der Waals surface area contributed by atoms with E-state index < -0.39 is 5.82 Å². The standard InChI is InChI=1S/C22H22ClFN6O2/c23-18-16(32-9-13-7-31-8-13)3-1-14(19(18)24)28-21-20-15(25-12-26-21)2-4-17(29-20)30-10-22(11-30)5-6-27-22/h1-4,12-13,27H,5-11H2,(H,25,26,28). The zero-order chi connectivity index (χ0) is 21.7. The van der Waals surface area contributed by atoms with Crippen molar-refractivity contribution in [1.29, 1.82) is 0 Å². The Labute approximate surface area is 189 Å². The SMILES string of the molecule is Fc1c(Nc2ncnc3ccc(N4CC5(CCN5)C4)nc23)ccc(OCC2COC2)c1Cl. The van der Waals surface area contributed by atoms with Crippen molar-refractivity contribution in [3.63, 3.8) is 0 Å². The van der Waals surface area contributed by atoms with Crippen LogP contribution in [0, 0.1) is 11.7 Å². The van der Waals surface area contributed by atoms with E-state index in [4.69, 9.17) is 26.1 Å². The minimum atomic E-state index is -0.599. The van der Waals surface area contributed by atoms with Gasteiger partial charge in [-0.2, -0.15) is 0 Å². The van der Waals surface area contributed by atoms with Gasteiger partial charge in [-0.15, -0.1) is 0 Å². The Balaban J connectivity index is 1.24. The maximum atomic E-state index is 15.0. The van der Waals surface area contributed by atoms with Crippen molar-refractivity contribution in [1.82, 2.24) is 20.3 Å². The third-order valence-electron chi connectivity index (χ3n) is 6.36. The molecule has 3 fully saturated rings. The number of hydrogen-bond acceptors (Lipinski definition) is 8. The Morgan fingerprint density at radius 1 is 1.25 bits per heavy atom. The molecular formula is C22H22ClFN6O2. The van der Waals surface area contributed by atoms with Crippen LogP contribution in [-0.4, -0.2) is 59.9 Å². The summed E-state index contributed by atoms with van der Waals surface area (Å²) in [6.07, 6.45) is 2.63. The van der Waals surface area contributed by atoms with Crippen LogP contribution in [0.4, 0.5) is 21.7 Å². The largest absolute Gasteiger partial charge is 0.491 e. The lowest BCUT2D eigenvalue weighted by atomic mass is 9.80. The molecule has 0 radical (unpaired) electrons. The fourth-order valence-corrected chi connectivity index (χ4v) is 4.47. The highest BCUT2D eigenvalue weighted by Gasteiger charge is 2.47. The Morgan fingerprint density at radius 2 is 2.09 bits per heavy atom. The Morgan fingerprint density at radius 3 is 2.81 bits per heavy atom. The van der Waals surface area contributed by atoms with Crippen molar-refractivity contribution in [2.45, 2.75) is 12.0 Å². The summed E-state index contributed by atoms with van der Waals surface area (Å²) < 4.78 is 25.8. The molecule has 32 heavy (non-hydrogen) atoms. The molecule has 3 aliphatic rings. The maximum absolute atomic E-state index is 15.0. The number of benzene rings is 1. The Kier molecular flexibility index (Phi) is 4.78. The van der Waals surface area contributed by atoms with Crippen molar-refractivity contribution < 1.29 is 13.9 Å². The molecule has 0 atom stereocenters. The predicted octanol–water partition coefficient (Wildman–Crippen LogP) is 3.14. The van der Waals surface area contributed by atoms with Crippen LogP contribution in [0.1, 0.15) is 6.42 Å². The van der Waals surface area contributed by atoms with Crippen LogP contribution < -0.4 is 20.3 Å². The first-order valence-corrected chi connectivity index (χ1v) is 11.1. The fourth-order valence-electron chi connectivity index (χ4n) is 4.25. The second-order valence-corrected chi connectivity index (χ2v) is 9.03. The van der Waals surface area contributed by atoms with Gasteiger partial charge in [-0.25, -0.2) is 19.3 Å². The molecule has 0 unspecified atom stereocenters. The van der Waals surface area contributed by atoms with E-state index in [0.717, 1.165) is 25.5 Å². The Bertz CT molecular complexity index is 1180. The number of halogens is 2. The van der Waals surface area contributed by atoms with Crippen LogP contribution in [0.15, 0.2) is 30.6 Å². The average Bonchev–Trinajstić information content (AvgIpc) is 2.70. The molecule has 166 valence electrons. The molecule has 1 spiro atoms. The molecule has 8 nitrogen and oxygen atoms in total. The summed E-state index contributed by atoms with van der Waals surface area (Å²) in [6, 6.07) is 7.11. The fraction of sp³-hybridized carbons (Fsp3) is 0.409. The zero-order valence-corrected chi connectivity index (χ0v) is 18.0. The van der Waals surface area contributed by atoms with Gasteiger partial charge in [0.05, 0.1) is 36.6 Å². The van der Waals surface area contributed by atoms with Crippen molar-refractivity contribution >= 4 is 40.0 Å². The molecule has 10 heteroatoms. The van der Waals surface area contributed by atoms with E-state index in [1.54, 1.807) is 12.1 Å². The van der Waals surface area contributed by atoms with E-state index in [-0.39, 0.29) is 16.2 Å². The van der Waals surface area contributed by atoms with E-state index >= 15 is 0 Å². The molecule has 0 bridgehead atoms. The van der Waals surface area contributed by atoms with E-state index in [1.807, 2.05) is 12.1 Å². The van der Waals surface area contributed by atoms with Crippen LogP contribution >= 0.6 is 11.6 Å². The molecule has 2 aromatic heterocycles. The average molecular weight is 457 g/mol. The molecule has 3 aromatic rings. The minimum absolute atomic E-state index is 0.0684. The highest BCUT2D eigenvalue weighted by molar-refractivity contribution is 6.32. The molecule has 3 saturated heterocycles. The quantitative estimate of drug-likeness (QED) is 0.585. The second-order valence-electron chi connectivity index (χ2n) is 8.65. The van der Waals surface area contributed by atoms with Crippen molar-refractivity contribution in [2.75, 3.05) is 49.7 Å². The van der Waals surface area contributed by atoms with E-state index in [9.17, 15) is 4.39 Å². The minimum Gasteiger partial charge on any atom is -0.491 e. The summed E-state index contributed by atoms with van der Waals surface area (Å²) >= 11 is 6.23. The monoisotopic (exact) mass is 456 g/mol. The van der Waals surface area contributed by atoms with Crippen LogP contribution in [-0.2, 0) is 4.74 Å². The predicted molar refractivity (Wildman–Crippen MR) is 119 cm³/mol. The lowest BCUT2D eigenvalue weighted by Gasteiger charge is -2.56. The molecule has 3 aliphatic heterocycles. The summed E-state index contributed by atoms with van der Waals surface area (Å²) in [6.45, 7) is 4.70. The smallest absolute Gasteiger partial charge is 0.169 e. The number of fused-ring (bicyclic) bond motifs is 1. The summed E-state index contributed by atoms with van der Waals surface area (Å²) in [5.41, 5.74) is 1.70. The summed E-state index contributed by atoms with van der Waals surface area (Å²) in [7, 11) is 0. The van der Waals surface area contributed by atoms with Crippen LogP contribution in [0.25, 0.3) is 11.0 Å².